The third kappa shape index (κ3) is 2.33. The summed E-state index contributed by atoms with van der Waals surface area (Å²) in [5, 5.41) is 0. The number of nitrogens with zero attached hydrogens (tertiary/aromatic N) is 1. The lowest BCUT2D eigenvalue weighted by Crippen LogP contribution is -2.37. The standard InChI is InChI=1S/C17H21NO2/c1-3-5-16-15-9-8-14(18(15)17(19)20-16)11-13-7-4-6-12(2)10-13/h3-4,6-7,10,14-16H,1,5,8-9,11H2,2H3/t14-,15-,16+/m0/s1. The van der Waals surface area contributed by atoms with Crippen LogP contribution in [-0.4, -0.2) is 29.2 Å². The van der Waals surface area contributed by atoms with Crippen LogP contribution in [0.25, 0.3) is 0 Å². The molecule has 0 aromatic heterocycles. The van der Waals surface area contributed by atoms with Crippen LogP contribution in [0.15, 0.2) is 36.9 Å². The largest absolute Gasteiger partial charge is 0.444 e. The van der Waals surface area contributed by atoms with Crippen molar-refractivity contribution in [3.8, 4) is 0 Å². The number of carbonyl (C=O) groups excluding carboxylic acids is 1. The molecule has 3 atom stereocenters. The second kappa shape index (κ2) is 5.31. The smallest absolute Gasteiger partial charge is 0.410 e. The number of carbonyl (C=O) groups is 1. The van der Waals surface area contributed by atoms with E-state index in [0.717, 1.165) is 25.7 Å². The zero-order valence-electron chi connectivity index (χ0n) is 11.9. The predicted octanol–water partition coefficient (Wildman–Crippen LogP) is 3.47. The molecule has 2 aliphatic heterocycles. The van der Waals surface area contributed by atoms with Gasteiger partial charge in [-0.15, -0.1) is 6.58 Å². The van der Waals surface area contributed by atoms with E-state index in [2.05, 4.69) is 37.8 Å². The van der Waals surface area contributed by atoms with E-state index < -0.39 is 0 Å². The van der Waals surface area contributed by atoms with E-state index in [0.29, 0.717) is 0 Å². The lowest BCUT2D eigenvalue weighted by molar-refractivity contribution is 0.124. The first kappa shape index (κ1) is 13.2. The molecule has 2 heterocycles. The Hall–Kier alpha value is -1.77. The average Bonchev–Trinajstić information content (AvgIpc) is 2.94. The van der Waals surface area contributed by atoms with Gasteiger partial charge in [0.25, 0.3) is 0 Å². The Morgan fingerprint density at radius 3 is 3.05 bits per heavy atom. The summed E-state index contributed by atoms with van der Waals surface area (Å²) in [6.45, 7) is 5.85. The second-order valence-corrected chi connectivity index (χ2v) is 5.85. The van der Waals surface area contributed by atoms with Crippen LogP contribution in [0.5, 0.6) is 0 Å². The lowest BCUT2D eigenvalue weighted by Gasteiger charge is -2.22. The summed E-state index contributed by atoms with van der Waals surface area (Å²) >= 11 is 0. The van der Waals surface area contributed by atoms with Crippen molar-refractivity contribution >= 4 is 6.09 Å². The summed E-state index contributed by atoms with van der Waals surface area (Å²) in [7, 11) is 0. The molecule has 0 radical (unpaired) electrons. The Labute approximate surface area is 120 Å². The number of amides is 1. The van der Waals surface area contributed by atoms with Gasteiger partial charge in [0.1, 0.15) is 6.10 Å². The average molecular weight is 271 g/mol. The summed E-state index contributed by atoms with van der Waals surface area (Å²) in [6, 6.07) is 9.06. The van der Waals surface area contributed by atoms with Gasteiger partial charge in [-0.2, -0.15) is 0 Å². The van der Waals surface area contributed by atoms with Gasteiger partial charge in [-0.25, -0.2) is 4.79 Å². The summed E-state index contributed by atoms with van der Waals surface area (Å²) in [6.07, 6.45) is 5.50. The molecular weight excluding hydrogens is 250 g/mol. The monoisotopic (exact) mass is 271 g/mol. The molecule has 3 nitrogen and oxygen atoms in total. The topological polar surface area (TPSA) is 29.5 Å². The number of fused-ring (bicyclic) bond motifs is 1. The molecule has 0 spiro atoms. The fraction of sp³-hybridized carbons (Fsp3) is 0.471. The summed E-state index contributed by atoms with van der Waals surface area (Å²) in [5.41, 5.74) is 2.57. The van der Waals surface area contributed by atoms with E-state index >= 15 is 0 Å². The van der Waals surface area contributed by atoms with Gasteiger partial charge in [-0.3, -0.25) is 4.90 Å². The van der Waals surface area contributed by atoms with E-state index in [-0.39, 0.29) is 24.3 Å². The van der Waals surface area contributed by atoms with Crippen molar-refractivity contribution in [2.24, 2.45) is 0 Å². The van der Waals surface area contributed by atoms with Gasteiger partial charge in [-0.05, 0) is 31.7 Å². The number of cyclic esters (lactones) is 1. The van der Waals surface area contributed by atoms with E-state index in [1.165, 1.54) is 11.1 Å². The minimum absolute atomic E-state index is 0.00232. The van der Waals surface area contributed by atoms with Crippen molar-refractivity contribution in [1.29, 1.82) is 0 Å². The molecule has 106 valence electrons. The van der Waals surface area contributed by atoms with Crippen LogP contribution in [0.1, 0.15) is 30.4 Å². The quantitative estimate of drug-likeness (QED) is 0.785. The number of aryl methyl sites for hydroxylation is 1. The van der Waals surface area contributed by atoms with Crippen LogP contribution >= 0.6 is 0 Å². The van der Waals surface area contributed by atoms with Crippen LogP contribution in [0, 0.1) is 6.92 Å². The van der Waals surface area contributed by atoms with Gasteiger partial charge in [0.15, 0.2) is 0 Å². The molecular formula is C17H21NO2. The van der Waals surface area contributed by atoms with Crippen molar-refractivity contribution in [3.05, 3.63) is 48.0 Å². The summed E-state index contributed by atoms with van der Waals surface area (Å²) < 4.78 is 5.48. The number of ether oxygens (including phenoxy) is 1. The van der Waals surface area contributed by atoms with Crippen molar-refractivity contribution in [3.63, 3.8) is 0 Å². The Balaban J connectivity index is 1.73. The van der Waals surface area contributed by atoms with Crippen LogP contribution < -0.4 is 0 Å². The first-order chi connectivity index (χ1) is 9.69. The summed E-state index contributed by atoms with van der Waals surface area (Å²) in [4.78, 5) is 14.0. The van der Waals surface area contributed by atoms with Crippen LogP contribution in [-0.2, 0) is 11.2 Å². The molecule has 1 aromatic rings. The van der Waals surface area contributed by atoms with Gasteiger partial charge < -0.3 is 4.74 Å². The Morgan fingerprint density at radius 1 is 1.45 bits per heavy atom. The van der Waals surface area contributed by atoms with E-state index in [4.69, 9.17) is 4.74 Å². The third-order valence-electron chi connectivity index (χ3n) is 4.39. The minimum atomic E-state index is -0.142. The van der Waals surface area contributed by atoms with Gasteiger partial charge in [0.2, 0.25) is 0 Å². The molecule has 0 unspecified atom stereocenters. The highest BCUT2D eigenvalue weighted by Crippen LogP contribution is 2.36. The molecule has 3 heteroatoms. The maximum absolute atomic E-state index is 12.1. The lowest BCUT2D eigenvalue weighted by atomic mass is 10.0. The van der Waals surface area contributed by atoms with Gasteiger partial charge in [0.05, 0.1) is 6.04 Å². The molecule has 0 bridgehead atoms. The van der Waals surface area contributed by atoms with Crippen molar-refractivity contribution in [2.45, 2.75) is 50.8 Å². The van der Waals surface area contributed by atoms with Crippen LogP contribution in [0.3, 0.4) is 0 Å². The highest BCUT2D eigenvalue weighted by Gasteiger charge is 2.48. The van der Waals surface area contributed by atoms with Crippen molar-refractivity contribution in [1.82, 2.24) is 4.90 Å². The summed E-state index contributed by atoms with van der Waals surface area (Å²) in [5.74, 6) is 0. The van der Waals surface area contributed by atoms with Crippen LogP contribution in [0.2, 0.25) is 0 Å². The highest BCUT2D eigenvalue weighted by molar-refractivity contribution is 5.71. The number of rotatable bonds is 4. The van der Waals surface area contributed by atoms with Gasteiger partial charge in [0, 0.05) is 12.5 Å². The van der Waals surface area contributed by atoms with Crippen LogP contribution in [0.4, 0.5) is 4.79 Å². The zero-order valence-corrected chi connectivity index (χ0v) is 11.9. The molecule has 2 fully saturated rings. The highest BCUT2D eigenvalue weighted by atomic mass is 16.6. The molecule has 2 saturated heterocycles. The zero-order chi connectivity index (χ0) is 14.1. The Kier molecular flexibility index (Phi) is 3.51. The maximum Gasteiger partial charge on any atom is 0.410 e. The van der Waals surface area contributed by atoms with Crippen molar-refractivity contribution < 1.29 is 9.53 Å². The Bertz CT molecular complexity index is 525. The molecule has 20 heavy (non-hydrogen) atoms. The molecule has 3 rings (SSSR count). The first-order valence-corrected chi connectivity index (χ1v) is 7.34. The fourth-order valence-corrected chi connectivity index (χ4v) is 3.51. The molecule has 2 aliphatic rings. The normalized spacial score (nSPS) is 28.4. The third-order valence-corrected chi connectivity index (χ3v) is 4.39. The number of hydrogen-bond donors (Lipinski definition) is 0. The second-order valence-electron chi connectivity index (χ2n) is 5.85. The fourth-order valence-electron chi connectivity index (χ4n) is 3.51. The van der Waals surface area contributed by atoms with E-state index in [1.807, 2.05) is 11.0 Å². The molecule has 0 N–H and O–H groups in total. The number of benzene rings is 1. The molecule has 0 aliphatic carbocycles. The predicted molar refractivity (Wildman–Crippen MR) is 78.6 cm³/mol. The molecule has 1 aromatic carbocycles. The van der Waals surface area contributed by atoms with E-state index in [1.54, 1.807) is 0 Å². The van der Waals surface area contributed by atoms with E-state index in [9.17, 15) is 4.79 Å². The van der Waals surface area contributed by atoms with Crippen molar-refractivity contribution in [2.75, 3.05) is 0 Å². The molecule has 0 saturated carbocycles. The van der Waals surface area contributed by atoms with Gasteiger partial charge >= 0.3 is 6.09 Å². The Morgan fingerprint density at radius 2 is 2.30 bits per heavy atom. The molecule has 1 amide bonds. The SMILES string of the molecule is C=CC[C@H]1OC(=O)N2[C@H](Cc3cccc(C)c3)CC[C@@H]12. The number of hydrogen-bond acceptors (Lipinski definition) is 2. The van der Waals surface area contributed by atoms with Gasteiger partial charge in [-0.1, -0.05) is 35.9 Å². The minimum Gasteiger partial charge on any atom is -0.444 e. The maximum atomic E-state index is 12.1. The first-order valence-electron chi connectivity index (χ1n) is 7.34.